The third-order valence-corrected chi connectivity index (χ3v) is 8.83. The fourth-order valence-electron chi connectivity index (χ4n) is 5.47. The summed E-state index contributed by atoms with van der Waals surface area (Å²) in [6.07, 6.45) is -5.60. The molecule has 2 aliphatic heterocycles. The Morgan fingerprint density at radius 2 is 1.76 bits per heavy atom. The number of H-pyrrole nitrogens is 2. The predicted octanol–water partition coefficient (Wildman–Crippen LogP) is -2.42. The van der Waals surface area contributed by atoms with Crippen LogP contribution in [0.1, 0.15) is 18.9 Å². The Morgan fingerprint density at radius 3 is 2.52 bits per heavy atom. The Kier molecular flexibility index (Phi) is 9.11. The molecule has 2 unspecified atom stereocenters. The molecule has 0 saturated carbocycles. The number of imidazole rings is 2. The molecule has 6 heterocycles. The summed E-state index contributed by atoms with van der Waals surface area (Å²) >= 11 is 0. The fraction of sp³-hybridized carbons (Fsp3) is 0.500. The number of anilines is 1. The minimum Gasteiger partial charge on any atom is -0.390 e. The molecular weight excluding hydrogens is 660 g/mol. The van der Waals surface area contributed by atoms with E-state index < -0.39 is 83.6 Å². The maximum atomic E-state index is 13.1. The predicted molar refractivity (Wildman–Crippen MR) is 152 cm³/mol. The summed E-state index contributed by atoms with van der Waals surface area (Å²) in [6, 6.07) is 0. The summed E-state index contributed by atoms with van der Waals surface area (Å²) in [5.41, 5.74) is 4.46. The van der Waals surface area contributed by atoms with Gasteiger partial charge in [0.05, 0.1) is 32.0 Å². The van der Waals surface area contributed by atoms with E-state index in [-0.39, 0.29) is 41.2 Å². The van der Waals surface area contributed by atoms with Crippen LogP contribution >= 0.6 is 16.9 Å². The topological polar surface area (TPSA) is 314 Å². The third kappa shape index (κ3) is 6.00. The van der Waals surface area contributed by atoms with Crippen molar-refractivity contribution >= 4 is 51.3 Å². The van der Waals surface area contributed by atoms with Crippen molar-refractivity contribution < 1.29 is 52.4 Å². The Morgan fingerprint density at radius 1 is 1.02 bits per heavy atom. The van der Waals surface area contributed by atoms with Crippen molar-refractivity contribution in [2.24, 2.45) is 5.92 Å². The minimum absolute atomic E-state index is 0.0408. The maximum absolute atomic E-state index is 13.1. The van der Waals surface area contributed by atoms with Crippen molar-refractivity contribution in [3.8, 4) is 0 Å². The van der Waals surface area contributed by atoms with Crippen LogP contribution in [0.4, 0.5) is 5.82 Å². The SMILES string of the molecule is Nc1ncnc2c1ncn2[C@@H]1O[C@H](COPO)[C@@H](OP(=O)(O)OC[C@H]2O[C@@H](n3cnc4c(=O)[nH]c(=O)[nH]c43)[C@H](CC=O)[C@@H]2O)[C@H]1O. The summed E-state index contributed by atoms with van der Waals surface area (Å²) in [4.78, 5) is 75.7. The van der Waals surface area contributed by atoms with E-state index in [9.17, 15) is 38.9 Å². The lowest BCUT2D eigenvalue weighted by molar-refractivity contribution is -0.110. The highest BCUT2D eigenvalue weighted by Crippen LogP contribution is 2.50. The molecule has 8 N–H and O–H groups in total. The van der Waals surface area contributed by atoms with Crippen molar-refractivity contribution in [1.29, 1.82) is 0 Å². The second-order valence-corrected chi connectivity index (χ2v) is 12.1. The van der Waals surface area contributed by atoms with Crippen molar-refractivity contribution in [1.82, 2.24) is 39.0 Å². The molecule has 2 fully saturated rings. The largest absolute Gasteiger partial charge is 0.472 e. The zero-order chi connectivity index (χ0) is 32.7. The summed E-state index contributed by atoms with van der Waals surface area (Å²) in [5, 5.41) is 22.1. The smallest absolute Gasteiger partial charge is 0.390 e. The first-order chi connectivity index (χ1) is 22.0. The average Bonchev–Trinajstić information content (AvgIpc) is 3.77. The van der Waals surface area contributed by atoms with Crippen LogP contribution in [0.2, 0.25) is 0 Å². The third-order valence-electron chi connectivity index (χ3n) is 7.55. The zero-order valence-electron chi connectivity index (χ0n) is 23.2. The van der Waals surface area contributed by atoms with Crippen LogP contribution in [-0.2, 0) is 32.4 Å². The number of aromatic nitrogens is 8. The van der Waals surface area contributed by atoms with E-state index in [0.717, 1.165) is 0 Å². The lowest BCUT2D eigenvalue weighted by Crippen LogP contribution is -2.36. The van der Waals surface area contributed by atoms with Crippen LogP contribution in [0.15, 0.2) is 28.6 Å². The molecule has 0 amide bonds. The van der Waals surface area contributed by atoms with Gasteiger partial charge in [0.25, 0.3) is 5.56 Å². The standard InChI is InChI=1S/C22H27N9O13P2/c23-16-11-17(25-5-24-16)30(6-26-11)21-14(34)15(10(43-21)3-40-45-37)44-46(38,39)41-4-9-13(33)8(1-2-32)20(42-9)31-7-27-12-18(31)28-22(36)29-19(12)35/h2,5-10,13-15,20-21,33-34,37,45H,1,3-4H2,(H,38,39)(H2,23,24,25)(H2,28,29,35,36)/t8-,9-,10-,13+,14-,15-,20-,21-/m1/s1. The van der Waals surface area contributed by atoms with Crippen LogP contribution < -0.4 is 17.0 Å². The second-order valence-electron chi connectivity index (χ2n) is 10.3. The van der Waals surface area contributed by atoms with Crippen molar-refractivity contribution in [3.05, 3.63) is 39.8 Å². The Balaban J connectivity index is 1.18. The molecule has 10 atom stereocenters. The van der Waals surface area contributed by atoms with Crippen LogP contribution in [0.25, 0.3) is 22.3 Å². The Labute approximate surface area is 257 Å². The van der Waals surface area contributed by atoms with Gasteiger partial charge in [-0.15, -0.1) is 0 Å². The van der Waals surface area contributed by atoms with E-state index in [1.165, 1.54) is 28.1 Å². The number of hydrogen-bond acceptors (Lipinski definition) is 17. The molecule has 6 rings (SSSR count). The number of aliphatic hydroxyl groups is 2. The van der Waals surface area contributed by atoms with Crippen LogP contribution in [0, 0.1) is 5.92 Å². The van der Waals surface area contributed by atoms with E-state index in [4.69, 9.17) is 28.8 Å². The second kappa shape index (κ2) is 12.9. The van der Waals surface area contributed by atoms with Gasteiger partial charge in [0.1, 0.15) is 54.4 Å². The molecule has 2 saturated heterocycles. The first-order valence-corrected chi connectivity index (χ1v) is 15.8. The fourth-order valence-corrected chi connectivity index (χ4v) is 6.67. The molecule has 24 heteroatoms. The van der Waals surface area contributed by atoms with Gasteiger partial charge in [-0.05, 0) is 0 Å². The lowest BCUT2D eigenvalue weighted by Gasteiger charge is -2.24. The molecule has 2 aliphatic rings. The number of rotatable bonds is 12. The first kappa shape index (κ1) is 32.4. The molecular formula is C22H27N9O13P2. The monoisotopic (exact) mass is 687 g/mol. The number of fused-ring (bicyclic) bond motifs is 2. The number of phosphoric acid groups is 1. The van der Waals surface area contributed by atoms with Gasteiger partial charge >= 0.3 is 13.5 Å². The Hall–Kier alpha value is -3.53. The van der Waals surface area contributed by atoms with Gasteiger partial charge in [0.2, 0.25) is 0 Å². The van der Waals surface area contributed by atoms with Crippen LogP contribution in [-0.4, -0.2) is 109 Å². The van der Waals surface area contributed by atoms with Gasteiger partial charge in [-0.25, -0.2) is 29.3 Å². The number of nitrogen functional groups attached to an aromatic ring is 1. The molecule has 248 valence electrons. The molecule has 4 aromatic rings. The lowest BCUT2D eigenvalue weighted by atomic mass is 9.97. The number of nitrogens with one attached hydrogen (secondary N) is 2. The molecule has 0 bridgehead atoms. The summed E-state index contributed by atoms with van der Waals surface area (Å²) in [5.74, 6) is -0.879. The molecule has 4 aromatic heterocycles. The van der Waals surface area contributed by atoms with Crippen LogP contribution in [0.3, 0.4) is 0 Å². The number of ether oxygens (including phenoxy) is 2. The van der Waals surface area contributed by atoms with Gasteiger partial charge in [-0.2, -0.15) is 0 Å². The number of carbonyl (C=O) groups is 1. The average molecular weight is 687 g/mol. The maximum Gasteiger partial charge on any atom is 0.472 e. The number of aldehydes is 1. The van der Waals surface area contributed by atoms with E-state index in [1.807, 2.05) is 4.98 Å². The number of aromatic amines is 2. The van der Waals surface area contributed by atoms with Crippen LogP contribution in [0.5, 0.6) is 0 Å². The van der Waals surface area contributed by atoms with Gasteiger partial charge in [0.15, 0.2) is 32.2 Å². The normalized spacial score (nSPS) is 29.7. The summed E-state index contributed by atoms with van der Waals surface area (Å²) in [6.45, 7) is -1.10. The van der Waals surface area contributed by atoms with Crippen molar-refractivity contribution in [2.45, 2.75) is 49.4 Å². The number of nitrogens with two attached hydrogens (primary N) is 1. The van der Waals surface area contributed by atoms with Gasteiger partial charge in [0, 0.05) is 12.3 Å². The molecule has 0 aromatic carbocycles. The highest BCUT2D eigenvalue weighted by Gasteiger charge is 2.50. The van der Waals surface area contributed by atoms with Crippen molar-refractivity contribution in [3.63, 3.8) is 0 Å². The first-order valence-electron chi connectivity index (χ1n) is 13.4. The highest BCUT2D eigenvalue weighted by atomic mass is 31.2. The molecule has 0 radical (unpaired) electrons. The summed E-state index contributed by atoms with van der Waals surface area (Å²) in [7, 11) is -6.02. The number of nitrogens with zero attached hydrogens (tertiary/aromatic N) is 6. The molecule has 0 aliphatic carbocycles. The summed E-state index contributed by atoms with van der Waals surface area (Å²) < 4.78 is 42.9. The van der Waals surface area contributed by atoms with E-state index in [0.29, 0.717) is 6.29 Å². The van der Waals surface area contributed by atoms with Gasteiger partial charge in [-0.1, -0.05) is 0 Å². The zero-order valence-corrected chi connectivity index (χ0v) is 25.1. The number of hydrogen-bond donors (Lipinski definition) is 7. The number of phosphoric ester groups is 1. The molecule has 0 spiro atoms. The van der Waals surface area contributed by atoms with Gasteiger partial charge < -0.3 is 44.5 Å². The molecule has 46 heavy (non-hydrogen) atoms. The van der Waals surface area contributed by atoms with Gasteiger partial charge in [-0.3, -0.25) is 32.9 Å². The van der Waals surface area contributed by atoms with E-state index in [2.05, 4.69) is 24.9 Å². The highest BCUT2D eigenvalue weighted by molar-refractivity contribution is 7.47. The van der Waals surface area contributed by atoms with E-state index >= 15 is 0 Å². The van der Waals surface area contributed by atoms with E-state index in [1.54, 1.807) is 0 Å². The van der Waals surface area contributed by atoms with Crippen molar-refractivity contribution in [2.75, 3.05) is 18.9 Å². The number of carbonyl (C=O) groups excluding carboxylic acids is 1. The minimum atomic E-state index is -5.05. The quantitative estimate of drug-likeness (QED) is 0.0601. The number of aliphatic hydroxyl groups excluding tert-OH is 2. The molecule has 22 nitrogen and oxygen atoms in total. The Bertz CT molecular complexity index is 1900.